The number of anilines is 2. The fourth-order valence-electron chi connectivity index (χ4n) is 2.28. The molecule has 1 aromatic heterocycles. The summed E-state index contributed by atoms with van der Waals surface area (Å²) >= 11 is 0. The van der Waals surface area contributed by atoms with Crippen molar-refractivity contribution >= 4 is 17.4 Å². The molecule has 0 aliphatic rings. The van der Waals surface area contributed by atoms with Crippen LogP contribution in [-0.2, 0) is 0 Å². The molecule has 1 amide bonds. The number of aromatic nitrogens is 1. The lowest BCUT2D eigenvalue weighted by atomic mass is 10.0. The Kier molecular flexibility index (Phi) is 5.15. The van der Waals surface area contributed by atoms with E-state index < -0.39 is 0 Å². The molecule has 0 atom stereocenters. The first-order chi connectivity index (χ1) is 10.5. The summed E-state index contributed by atoms with van der Waals surface area (Å²) < 4.78 is 0. The molecule has 0 saturated heterocycles. The van der Waals surface area contributed by atoms with Crippen molar-refractivity contribution in [3.8, 4) is 0 Å². The van der Waals surface area contributed by atoms with Gasteiger partial charge in [0.15, 0.2) is 0 Å². The SMILES string of the molecule is CC(C)Nc1ncccc1C(=O)Nc1ccccc1C(C)C. The predicted molar refractivity (Wildman–Crippen MR) is 91.5 cm³/mol. The largest absolute Gasteiger partial charge is 0.367 e. The number of carbonyl (C=O) groups is 1. The van der Waals surface area contributed by atoms with Crippen molar-refractivity contribution in [1.29, 1.82) is 0 Å². The van der Waals surface area contributed by atoms with Crippen LogP contribution in [0.4, 0.5) is 11.5 Å². The van der Waals surface area contributed by atoms with Crippen LogP contribution in [-0.4, -0.2) is 16.9 Å². The molecule has 0 bridgehead atoms. The number of benzene rings is 1. The highest BCUT2D eigenvalue weighted by Crippen LogP contribution is 2.25. The maximum Gasteiger partial charge on any atom is 0.259 e. The van der Waals surface area contributed by atoms with Gasteiger partial charge in [0, 0.05) is 17.9 Å². The molecule has 4 nitrogen and oxygen atoms in total. The van der Waals surface area contributed by atoms with Crippen LogP contribution in [0.1, 0.15) is 49.5 Å². The Labute approximate surface area is 132 Å². The first kappa shape index (κ1) is 16.0. The van der Waals surface area contributed by atoms with E-state index in [9.17, 15) is 4.79 Å². The van der Waals surface area contributed by atoms with Crippen LogP contribution in [0.25, 0.3) is 0 Å². The quantitative estimate of drug-likeness (QED) is 0.866. The molecule has 116 valence electrons. The number of amides is 1. The topological polar surface area (TPSA) is 54.0 Å². The van der Waals surface area contributed by atoms with Gasteiger partial charge in [-0.15, -0.1) is 0 Å². The van der Waals surface area contributed by atoms with Crippen LogP contribution < -0.4 is 10.6 Å². The smallest absolute Gasteiger partial charge is 0.259 e. The highest BCUT2D eigenvalue weighted by atomic mass is 16.1. The zero-order chi connectivity index (χ0) is 16.1. The average Bonchev–Trinajstić information content (AvgIpc) is 2.47. The van der Waals surface area contributed by atoms with Gasteiger partial charge in [0.1, 0.15) is 5.82 Å². The van der Waals surface area contributed by atoms with Gasteiger partial charge < -0.3 is 10.6 Å². The van der Waals surface area contributed by atoms with Gasteiger partial charge in [-0.25, -0.2) is 4.98 Å². The van der Waals surface area contributed by atoms with E-state index in [1.165, 1.54) is 0 Å². The highest BCUT2D eigenvalue weighted by Gasteiger charge is 2.15. The second-order valence-corrected chi connectivity index (χ2v) is 5.89. The van der Waals surface area contributed by atoms with Gasteiger partial charge in [-0.05, 0) is 43.5 Å². The summed E-state index contributed by atoms with van der Waals surface area (Å²) in [6.45, 7) is 8.26. The molecule has 0 aliphatic carbocycles. The van der Waals surface area contributed by atoms with Crippen LogP contribution in [0.3, 0.4) is 0 Å². The molecule has 0 aliphatic heterocycles. The van der Waals surface area contributed by atoms with Crippen molar-refractivity contribution in [1.82, 2.24) is 4.98 Å². The van der Waals surface area contributed by atoms with Crippen molar-refractivity contribution in [2.75, 3.05) is 10.6 Å². The Morgan fingerprint density at radius 3 is 2.45 bits per heavy atom. The number of nitrogens with zero attached hydrogens (tertiary/aromatic N) is 1. The predicted octanol–water partition coefficient (Wildman–Crippen LogP) is 4.28. The van der Waals surface area contributed by atoms with Crippen LogP contribution in [0.2, 0.25) is 0 Å². The minimum atomic E-state index is -0.149. The molecule has 1 heterocycles. The monoisotopic (exact) mass is 297 g/mol. The maximum absolute atomic E-state index is 12.6. The first-order valence-electron chi connectivity index (χ1n) is 7.61. The van der Waals surface area contributed by atoms with Gasteiger partial charge in [-0.1, -0.05) is 32.0 Å². The molecule has 0 fully saturated rings. The van der Waals surface area contributed by atoms with Gasteiger partial charge in [0.05, 0.1) is 5.56 Å². The Hall–Kier alpha value is -2.36. The van der Waals surface area contributed by atoms with Crippen molar-refractivity contribution < 1.29 is 4.79 Å². The van der Waals surface area contributed by atoms with E-state index >= 15 is 0 Å². The summed E-state index contributed by atoms with van der Waals surface area (Å²) in [7, 11) is 0. The molecule has 1 aromatic carbocycles. The summed E-state index contributed by atoms with van der Waals surface area (Å²) in [6.07, 6.45) is 1.68. The van der Waals surface area contributed by atoms with Crippen molar-refractivity contribution in [2.45, 2.75) is 39.7 Å². The average molecular weight is 297 g/mol. The second-order valence-electron chi connectivity index (χ2n) is 5.89. The number of pyridine rings is 1. The summed E-state index contributed by atoms with van der Waals surface area (Å²) in [5.74, 6) is 0.806. The van der Waals surface area contributed by atoms with Crippen LogP contribution in [0, 0.1) is 0 Å². The van der Waals surface area contributed by atoms with Crippen molar-refractivity contribution in [3.63, 3.8) is 0 Å². The molecule has 0 saturated carbocycles. The molecule has 2 aromatic rings. The van der Waals surface area contributed by atoms with E-state index in [0.717, 1.165) is 11.3 Å². The van der Waals surface area contributed by atoms with E-state index in [-0.39, 0.29) is 11.9 Å². The lowest BCUT2D eigenvalue weighted by Crippen LogP contribution is -2.19. The molecule has 0 spiro atoms. The standard InChI is InChI=1S/C18H23N3O/c1-12(2)14-8-5-6-10-16(14)21-18(22)15-9-7-11-19-17(15)20-13(3)4/h5-13H,1-4H3,(H,19,20)(H,21,22). The number of nitrogens with one attached hydrogen (secondary N) is 2. The third kappa shape index (κ3) is 3.85. The van der Waals surface area contributed by atoms with Gasteiger partial charge in [-0.3, -0.25) is 4.79 Å². The second kappa shape index (κ2) is 7.07. The van der Waals surface area contributed by atoms with E-state index in [4.69, 9.17) is 0 Å². The third-order valence-corrected chi connectivity index (χ3v) is 3.31. The highest BCUT2D eigenvalue weighted by molar-refractivity contribution is 6.07. The maximum atomic E-state index is 12.6. The lowest BCUT2D eigenvalue weighted by molar-refractivity contribution is 0.102. The summed E-state index contributed by atoms with van der Waals surface area (Å²) in [4.78, 5) is 16.9. The van der Waals surface area contributed by atoms with Crippen molar-refractivity contribution in [2.24, 2.45) is 0 Å². The van der Waals surface area contributed by atoms with E-state index in [2.05, 4.69) is 29.5 Å². The number of carbonyl (C=O) groups excluding carboxylic acids is 1. The van der Waals surface area contributed by atoms with Gasteiger partial charge in [0.2, 0.25) is 0 Å². The molecule has 2 rings (SSSR count). The van der Waals surface area contributed by atoms with Crippen LogP contribution >= 0.6 is 0 Å². The van der Waals surface area contributed by atoms with Crippen LogP contribution in [0.15, 0.2) is 42.6 Å². The number of hydrogen-bond donors (Lipinski definition) is 2. The zero-order valence-corrected chi connectivity index (χ0v) is 13.6. The van der Waals surface area contributed by atoms with Crippen molar-refractivity contribution in [3.05, 3.63) is 53.7 Å². The van der Waals surface area contributed by atoms with Gasteiger partial charge in [-0.2, -0.15) is 0 Å². The summed E-state index contributed by atoms with van der Waals surface area (Å²) in [6, 6.07) is 11.7. The molecular formula is C18H23N3O. The molecule has 4 heteroatoms. The van der Waals surface area contributed by atoms with E-state index in [1.54, 1.807) is 18.3 Å². The van der Waals surface area contributed by atoms with E-state index in [0.29, 0.717) is 17.3 Å². The molecular weight excluding hydrogens is 274 g/mol. The first-order valence-corrected chi connectivity index (χ1v) is 7.61. The lowest BCUT2D eigenvalue weighted by Gasteiger charge is -2.16. The van der Waals surface area contributed by atoms with Gasteiger partial charge in [0.25, 0.3) is 5.91 Å². The Morgan fingerprint density at radius 1 is 1.05 bits per heavy atom. The Balaban J connectivity index is 2.27. The molecule has 2 N–H and O–H groups in total. The van der Waals surface area contributed by atoms with E-state index in [1.807, 2.05) is 38.1 Å². The van der Waals surface area contributed by atoms with Gasteiger partial charge >= 0.3 is 0 Å². The summed E-state index contributed by atoms with van der Waals surface area (Å²) in [5.41, 5.74) is 2.52. The molecule has 0 radical (unpaired) electrons. The normalized spacial score (nSPS) is 10.8. The Bertz CT molecular complexity index is 650. The molecule has 0 unspecified atom stereocenters. The number of rotatable bonds is 5. The third-order valence-electron chi connectivity index (χ3n) is 3.31. The Morgan fingerprint density at radius 2 is 1.77 bits per heavy atom. The fraction of sp³-hybridized carbons (Fsp3) is 0.333. The van der Waals surface area contributed by atoms with Crippen LogP contribution in [0.5, 0.6) is 0 Å². The summed E-state index contributed by atoms with van der Waals surface area (Å²) in [5, 5.41) is 6.21. The minimum Gasteiger partial charge on any atom is -0.367 e. The number of para-hydroxylation sites is 1. The minimum absolute atomic E-state index is 0.149. The fourth-order valence-corrected chi connectivity index (χ4v) is 2.28. The zero-order valence-electron chi connectivity index (χ0n) is 13.6. The number of hydrogen-bond acceptors (Lipinski definition) is 3. The molecule has 22 heavy (non-hydrogen) atoms.